The van der Waals surface area contributed by atoms with E-state index in [1.807, 2.05) is 12.1 Å². The van der Waals surface area contributed by atoms with Crippen LogP contribution < -0.4 is 0 Å². The van der Waals surface area contributed by atoms with Crippen LogP contribution in [0.4, 0.5) is 4.39 Å². The number of fused-ring (bicyclic) bond motifs is 2. The lowest BCUT2D eigenvalue weighted by atomic mass is 10.0. The van der Waals surface area contributed by atoms with E-state index in [1.54, 1.807) is 16.8 Å². The summed E-state index contributed by atoms with van der Waals surface area (Å²) in [6.45, 7) is -0.161. The van der Waals surface area contributed by atoms with Crippen molar-refractivity contribution in [2.45, 2.75) is 24.3 Å². The molecule has 2 heterocycles. The van der Waals surface area contributed by atoms with Crippen LogP contribution in [0.3, 0.4) is 0 Å². The van der Waals surface area contributed by atoms with Crippen LogP contribution in [0.5, 0.6) is 0 Å². The maximum Gasteiger partial charge on any atom is 0.323 e. The third-order valence-corrected chi connectivity index (χ3v) is 6.02. The molecule has 1 aliphatic rings. The van der Waals surface area contributed by atoms with Gasteiger partial charge in [0.05, 0.1) is 10.8 Å². The van der Waals surface area contributed by atoms with Crippen molar-refractivity contribution in [3.05, 3.63) is 65.1 Å². The maximum atomic E-state index is 13.7. The number of hydrogen-bond donors (Lipinski definition) is 1. The first-order valence-corrected chi connectivity index (χ1v) is 9.32. The molecule has 0 spiro atoms. The number of aryl methyl sites for hydroxylation is 1. The summed E-state index contributed by atoms with van der Waals surface area (Å²) in [5.74, 6) is -0.610. The summed E-state index contributed by atoms with van der Waals surface area (Å²) >= 11 is 0. The summed E-state index contributed by atoms with van der Waals surface area (Å²) in [5, 5.41) is 9.81. The predicted octanol–water partition coefficient (Wildman–Crippen LogP) is 3.12. The normalized spacial score (nSPS) is 16.3. The molecule has 0 fully saturated rings. The second kappa shape index (κ2) is 6.11. The van der Waals surface area contributed by atoms with Crippen LogP contribution in [0.1, 0.15) is 16.7 Å². The molecule has 6 heteroatoms. The molecule has 2 aromatic carbocycles. The third-order valence-electron chi connectivity index (χ3n) is 4.55. The average molecular weight is 357 g/mol. The summed E-state index contributed by atoms with van der Waals surface area (Å²) in [6.07, 6.45) is 3.17. The Hall–Kier alpha value is -2.47. The van der Waals surface area contributed by atoms with E-state index >= 15 is 0 Å². The molecule has 1 aliphatic heterocycles. The highest BCUT2D eigenvalue weighted by atomic mass is 32.2. The molecule has 128 valence electrons. The van der Waals surface area contributed by atoms with Crippen molar-refractivity contribution in [1.29, 1.82) is 0 Å². The zero-order valence-electron chi connectivity index (χ0n) is 13.4. The van der Waals surface area contributed by atoms with Crippen LogP contribution in [0, 0.1) is 5.82 Å². The summed E-state index contributed by atoms with van der Waals surface area (Å²) in [6, 6.07) is 10.3. The van der Waals surface area contributed by atoms with E-state index in [9.17, 15) is 13.4 Å². The van der Waals surface area contributed by atoms with Gasteiger partial charge in [-0.2, -0.15) is 0 Å². The Kier molecular flexibility index (Phi) is 3.92. The molecule has 4 nitrogen and oxygen atoms in total. The first-order valence-electron chi connectivity index (χ1n) is 8.00. The number of carbonyl (C=O) groups is 1. The van der Waals surface area contributed by atoms with E-state index in [-0.39, 0.29) is 12.4 Å². The van der Waals surface area contributed by atoms with E-state index in [4.69, 9.17) is 5.11 Å². The highest BCUT2D eigenvalue weighted by Gasteiger charge is 2.19. The number of carboxylic acids is 1. The number of aliphatic carboxylic acids is 1. The number of carboxylic acid groups (broad SMARTS) is 1. The van der Waals surface area contributed by atoms with Crippen LogP contribution in [-0.2, 0) is 35.0 Å². The minimum Gasteiger partial charge on any atom is -0.480 e. The Morgan fingerprint density at radius 2 is 2.08 bits per heavy atom. The monoisotopic (exact) mass is 357 g/mol. The van der Waals surface area contributed by atoms with E-state index < -0.39 is 16.8 Å². The molecule has 0 bridgehead atoms. The Balaban J connectivity index is 1.75. The van der Waals surface area contributed by atoms with Crippen LogP contribution in [0.15, 0.2) is 47.5 Å². The van der Waals surface area contributed by atoms with E-state index in [2.05, 4.69) is 6.07 Å². The standard InChI is InChI=1S/C19H16FNO3S/c20-15-2-3-17-16(9-15)14(10-21(17)11-19(22)23)8-12-1-4-18-13(7-12)5-6-25(18)24/h1-4,7,9-10H,5-6,8,11H2,(H,22,23). The molecule has 3 aromatic rings. The summed E-state index contributed by atoms with van der Waals surface area (Å²) in [7, 11) is -0.899. The van der Waals surface area contributed by atoms with Crippen molar-refractivity contribution >= 4 is 27.7 Å². The van der Waals surface area contributed by atoms with Gasteiger partial charge in [0.25, 0.3) is 0 Å². The zero-order chi connectivity index (χ0) is 17.6. The van der Waals surface area contributed by atoms with E-state index in [0.29, 0.717) is 17.7 Å². The Morgan fingerprint density at radius 3 is 2.88 bits per heavy atom. The number of benzene rings is 2. The van der Waals surface area contributed by atoms with Gasteiger partial charge in [0, 0.05) is 27.7 Å². The SMILES string of the molecule is O=C(O)Cn1cc(Cc2ccc3c(c2)CCS3=O)c2cc(F)ccc21. The summed E-state index contributed by atoms with van der Waals surface area (Å²) < 4.78 is 27.2. The molecule has 0 radical (unpaired) electrons. The molecule has 1 aromatic heterocycles. The van der Waals surface area contributed by atoms with Gasteiger partial charge < -0.3 is 9.67 Å². The van der Waals surface area contributed by atoms with Crippen molar-refractivity contribution in [3.8, 4) is 0 Å². The highest BCUT2D eigenvalue weighted by molar-refractivity contribution is 7.85. The molecule has 4 rings (SSSR count). The largest absolute Gasteiger partial charge is 0.480 e. The lowest BCUT2D eigenvalue weighted by Crippen LogP contribution is -2.07. The van der Waals surface area contributed by atoms with Crippen molar-refractivity contribution in [2.75, 3.05) is 5.75 Å². The van der Waals surface area contributed by atoms with Crippen LogP contribution in [-0.4, -0.2) is 25.6 Å². The van der Waals surface area contributed by atoms with Crippen LogP contribution in [0.25, 0.3) is 10.9 Å². The Labute approximate surface area is 146 Å². The van der Waals surface area contributed by atoms with Gasteiger partial charge in [-0.1, -0.05) is 12.1 Å². The molecule has 1 atom stereocenters. The minimum absolute atomic E-state index is 0.161. The third kappa shape index (κ3) is 2.98. The quantitative estimate of drug-likeness (QED) is 0.780. The second-order valence-electron chi connectivity index (χ2n) is 6.26. The predicted molar refractivity (Wildman–Crippen MR) is 93.8 cm³/mol. The molecule has 0 amide bonds. The smallest absolute Gasteiger partial charge is 0.323 e. The second-order valence-corrected chi connectivity index (χ2v) is 7.80. The minimum atomic E-state index is -0.937. The Morgan fingerprint density at radius 1 is 1.24 bits per heavy atom. The van der Waals surface area contributed by atoms with Crippen molar-refractivity contribution in [1.82, 2.24) is 4.57 Å². The van der Waals surface area contributed by atoms with Gasteiger partial charge in [-0.3, -0.25) is 9.00 Å². The van der Waals surface area contributed by atoms with Gasteiger partial charge in [-0.15, -0.1) is 0 Å². The first-order chi connectivity index (χ1) is 12.0. The fraction of sp³-hybridized carbons (Fsp3) is 0.211. The van der Waals surface area contributed by atoms with Gasteiger partial charge in [0.1, 0.15) is 12.4 Å². The molecule has 1 N–H and O–H groups in total. The number of halogens is 1. The molecular weight excluding hydrogens is 341 g/mol. The van der Waals surface area contributed by atoms with E-state index in [1.165, 1.54) is 12.1 Å². The number of rotatable bonds is 4. The first kappa shape index (κ1) is 16.0. The van der Waals surface area contributed by atoms with Crippen molar-refractivity contribution in [3.63, 3.8) is 0 Å². The van der Waals surface area contributed by atoms with Gasteiger partial charge in [-0.05, 0) is 53.8 Å². The van der Waals surface area contributed by atoms with Crippen LogP contribution >= 0.6 is 0 Å². The molecule has 0 saturated heterocycles. The molecule has 0 aliphatic carbocycles. The van der Waals surface area contributed by atoms with E-state index in [0.717, 1.165) is 33.4 Å². The average Bonchev–Trinajstić information content (AvgIpc) is 3.08. The molecule has 25 heavy (non-hydrogen) atoms. The molecular formula is C19H16FNO3S. The lowest BCUT2D eigenvalue weighted by molar-refractivity contribution is -0.137. The van der Waals surface area contributed by atoms with Gasteiger partial charge in [0.15, 0.2) is 0 Å². The van der Waals surface area contributed by atoms with Crippen molar-refractivity contribution < 1.29 is 18.5 Å². The fourth-order valence-electron chi connectivity index (χ4n) is 3.45. The zero-order valence-corrected chi connectivity index (χ0v) is 14.2. The fourth-order valence-corrected chi connectivity index (χ4v) is 4.75. The summed E-state index contributed by atoms with van der Waals surface area (Å²) in [4.78, 5) is 12.0. The highest BCUT2D eigenvalue weighted by Crippen LogP contribution is 2.28. The van der Waals surface area contributed by atoms with Gasteiger partial charge in [-0.25, -0.2) is 4.39 Å². The van der Waals surface area contributed by atoms with Crippen LogP contribution in [0.2, 0.25) is 0 Å². The number of aromatic nitrogens is 1. The van der Waals surface area contributed by atoms with Crippen molar-refractivity contribution in [2.24, 2.45) is 0 Å². The van der Waals surface area contributed by atoms with Gasteiger partial charge >= 0.3 is 5.97 Å². The molecule has 1 unspecified atom stereocenters. The Bertz CT molecular complexity index is 1020. The maximum absolute atomic E-state index is 13.7. The van der Waals surface area contributed by atoms with Gasteiger partial charge in [0.2, 0.25) is 0 Å². The summed E-state index contributed by atoms with van der Waals surface area (Å²) in [5.41, 5.74) is 3.75. The lowest BCUT2D eigenvalue weighted by Gasteiger charge is -2.04. The number of nitrogens with zero attached hydrogens (tertiary/aromatic N) is 1. The topological polar surface area (TPSA) is 59.3 Å². The number of hydrogen-bond acceptors (Lipinski definition) is 2. The molecule has 0 saturated carbocycles.